The van der Waals surface area contributed by atoms with Gasteiger partial charge in [-0.05, 0) is 62.2 Å². The molecule has 1 aliphatic heterocycles. The van der Waals surface area contributed by atoms with E-state index in [1.54, 1.807) is 4.90 Å². The molecule has 6 unspecified atom stereocenters. The molecule has 0 aromatic carbocycles. The molecule has 2 saturated carbocycles. The molecule has 1 heterocycles. The van der Waals surface area contributed by atoms with Crippen molar-refractivity contribution in [2.45, 2.75) is 69.2 Å². The number of hydrogen-bond donors (Lipinski definition) is 3. The number of carbonyl (C=O) groups excluding carboxylic acids is 1. The third-order valence-corrected chi connectivity index (χ3v) is 6.59. The Hall–Kier alpha value is -0.295. The van der Waals surface area contributed by atoms with E-state index in [1.165, 1.54) is 6.42 Å². The van der Waals surface area contributed by atoms with Gasteiger partial charge >= 0.3 is 7.12 Å². The van der Waals surface area contributed by atoms with Crippen LogP contribution in [0.2, 0.25) is 0 Å². The number of likely N-dealkylation sites (tertiary alicyclic amines) is 1. The Labute approximate surface area is 143 Å². The molecule has 1 saturated heterocycles. The maximum absolute atomic E-state index is 13.0. The molecule has 3 fully saturated rings. The van der Waals surface area contributed by atoms with Gasteiger partial charge in [0.15, 0.2) is 0 Å². The number of rotatable bonds is 3. The van der Waals surface area contributed by atoms with E-state index in [9.17, 15) is 14.8 Å². The second kappa shape index (κ2) is 6.55. The highest BCUT2D eigenvalue weighted by Gasteiger charge is 2.52. The van der Waals surface area contributed by atoms with Crippen LogP contribution in [-0.4, -0.2) is 51.9 Å². The molecule has 7 heteroatoms. The zero-order chi connectivity index (χ0) is 16.8. The smallest absolute Gasteiger partial charge is 0.426 e. The largest absolute Gasteiger partial charge is 0.475 e. The van der Waals surface area contributed by atoms with Gasteiger partial charge in [-0.3, -0.25) is 4.79 Å². The molecule has 23 heavy (non-hydrogen) atoms. The first-order valence-corrected chi connectivity index (χ1v) is 9.32. The predicted octanol–water partition coefficient (Wildman–Crippen LogP) is 1.14. The van der Waals surface area contributed by atoms with Crippen molar-refractivity contribution >= 4 is 24.6 Å². The minimum atomic E-state index is -1.49. The van der Waals surface area contributed by atoms with Crippen molar-refractivity contribution < 1.29 is 14.8 Å². The summed E-state index contributed by atoms with van der Waals surface area (Å²) in [4.78, 5) is 14.6. The van der Waals surface area contributed by atoms with E-state index in [0.29, 0.717) is 24.8 Å². The highest BCUT2D eigenvalue weighted by molar-refractivity contribution is 6.43. The number of nitrogens with two attached hydrogens (primary N) is 1. The highest BCUT2D eigenvalue weighted by atomic mass is 35.5. The molecule has 0 spiro atoms. The lowest BCUT2D eigenvalue weighted by Crippen LogP contribution is -2.60. The minimum absolute atomic E-state index is 0.0953. The van der Waals surface area contributed by atoms with Gasteiger partial charge in [0.05, 0.1) is 12.0 Å². The number of halogens is 1. The third kappa shape index (κ3) is 3.28. The molecule has 2 aliphatic carbocycles. The van der Waals surface area contributed by atoms with Crippen molar-refractivity contribution in [1.29, 1.82) is 0 Å². The maximum Gasteiger partial charge on any atom is 0.475 e. The lowest BCUT2D eigenvalue weighted by atomic mass is 9.56. The summed E-state index contributed by atoms with van der Waals surface area (Å²) in [6.45, 7) is 2.80. The molecule has 2 bridgehead atoms. The van der Waals surface area contributed by atoms with Crippen molar-refractivity contribution in [1.82, 2.24) is 4.90 Å². The van der Waals surface area contributed by atoms with Gasteiger partial charge in [0.1, 0.15) is 0 Å². The first-order valence-electron chi connectivity index (χ1n) is 8.88. The Morgan fingerprint density at radius 2 is 2.09 bits per heavy atom. The Balaban J connectivity index is 1.80. The summed E-state index contributed by atoms with van der Waals surface area (Å²) in [6, 6.07) is -0.589. The van der Waals surface area contributed by atoms with Crippen LogP contribution in [0.3, 0.4) is 0 Å². The van der Waals surface area contributed by atoms with Crippen LogP contribution in [0.25, 0.3) is 0 Å². The van der Waals surface area contributed by atoms with Crippen LogP contribution < -0.4 is 5.73 Å². The molecule has 0 aromatic heterocycles. The van der Waals surface area contributed by atoms with Gasteiger partial charge in [-0.2, -0.15) is 0 Å². The Kier molecular flexibility index (Phi) is 4.99. The van der Waals surface area contributed by atoms with Crippen molar-refractivity contribution in [3.8, 4) is 0 Å². The summed E-state index contributed by atoms with van der Waals surface area (Å²) >= 11 is 6.48. The number of fused-ring (bicyclic) bond motifs is 2. The standard InChI is InChI=1S/C16H28BClN2O3/c1-10-5-11-6-12(18)9-16(7-10,8-11)14(19)15(21)20-4-2-3-13(20)17(22)23/h10-14,22-23H,2-9,19H2,1H3. The van der Waals surface area contributed by atoms with E-state index < -0.39 is 19.1 Å². The van der Waals surface area contributed by atoms with Crippen molar-refractivity contribution in [3.63, 3.8) is 0 Å². The number of amides is 1. The van der Waals surface area contributed by atoms with Gasteiger partial charge < -0.3 is 20.7 Å². The number of hydrogen-bond acceptors (Lipinski definition) is 4. The summed E-state index contributed by atoms with van der Waals surface area (Å²) in [5.41, 5.74) is 6.26. The van der Waals surface area contributed by atoms with Crippen molar-refractivity contribution in [2.75, 3.05) is 6.54 Å². The van der Waals surface area contributed by atoms with Gasteiger partial charge in [0, 0.05) is 11.9 Å². The maximum atomic E-state index is 13.0. The quantitative estimate of drug-likeness (QED) is 0.530. The first kappa shape index (κ1) is 17.5. The molecule has 4 N–H and O–H groups in total. The molecule has 0 aromatic rings. The van der Waals surface area contributed by atoms with E-state index in [-0.39, 0.29) is 16.7 Å². The number of carbonyl (C=O) groups is 1. The number of alkyl halides is 1. The summed E-state index contributed by atoms with van der Waals surface area (Å²) in [6.07, 6.45) is 6.34. The average molecular weight is 343 g/mol. The van der Waals surface area contributed by atoms with E-state index in [2.05, 4.69) is 6.92 Å². The Morgan fingerprint density at radius 3 is 2.78 bits per heavy atom. The summed E-state index contributed by atoms with van der Waals surface area (Å²) in [7, 11) is -1.49. The summed E-state index contributed by atoms with van der Waals surface area (Å²) in [5, 5.41) is 19.1. The van der Waals surface area contributed by atoms with Crippen LogP contribution in [0.15, 0.2) is 0 Å². The molecule has 3 aliphatic rings. The van der Waals surface area contributed by atoms with Crippen LogP contribution in [0.5, 0.6) is 0 Å². The Morgan fingerprint density at radius 1 is 1.35 bits per heavy atom. The van der Waals surface area contributed by atoms with Gasteiger partial charge in [-0.25, -0.2) is 0 Å². The molecule has 5 nitrogen and oxygen atoms in total. The van der Waals surface area contributed by atoms with Crippen LogP contribution in [0.1, 0.15) is 51.9 Å². The zero-order valence-electron chi connectivity index (χ0n) is 13.8. The van der Waals surface area contributed by atoms with Crippen LogP contribution >= 0.6 is 11.6 Å². The van der Waals surface area contributed by atoms with Crippen molar-refractivity contribution in [3.05, 3.63) is 0 Å². The fraction of sp³-hybridized carbons (Fsp3) is 0.938. The van der Waals surface area contributed by atoms with Crippen molar-refractivity contribution in [2.24, 2.45) is 23.0 Å². The van der Waals surface area contributed by atoms with Gasteiger partial charge in [0.25, 0.3) is 0 Å². The van der Waals surface area contributed by atoms with E-state index in [0.717, 1.165) is 32.1 Å². The fourth-order valence-electron chi connectivity index (χ4n) is 5.52. The van der Waals surface area contributed by atoms with Crippen LogP contribution in [-0.2, 0) is 4.79 Å². The second-order valence-corrected chi connectivity index (χ2v) is 8.76. The number of nitrogens with zero attached hydrogens (tertiary/aromatic N) is 1. The zero-order valence-corrected chi connectivity index (χ0v) is 14.6. The molecule has 0 radical (unpaired) electrons. The third-order valence-electron chi connectivity index (χ3n) is 6.26. The van der Waals surface area contributed by atoms with Gasteiger partial charge in [-0.15, -0.1) is 11.6 Å². The lowest BCUT2D eigenvalue weighted by molar-refractivity contribution is -0.138. The lowest BCUT2D eigenvalue weighted by Gasteiger charge is -2.52. The summed E-state index contributed by atoms with van der Waals surface area (Å²) < 4.78 is 0. The second-order valence-electron chi connectivity index (χ2n) is 8.15. The normalized spacial score (nSPS) is 41.7. The van der Waals surface area contributed by atoms with Crippen LogP contribution in [0.4, 0.5) is 0 Å². The van der Waals surface area contributed by atoms with Gasteiger partial charge in [-0.1, -0.05) is 6.92 Å². The summed E-state index contributed by atoms with van der Waals surface area (Å²) in [5.74, 6) is 0.484. The molecule has 130 valence electrons. The Bertz CT molecular complexity index is 445. The molecular weight excluding hydrogens is 314 g/mol. The van der Waals surface area contributed by atoms with Crippen LogP contribution in [0, 0.1) is 17.3 Å². The van der Waals surface area contributed by atoms with Gasteiger partial charge in [0.2, 0.25) is 5.91 Å². The average Bonchev–Trinajstić information content (AvgIpc) is 2.93. The molecule has 6 atom stereocenters. The van der Waals surface area contributed by atoms with E-state index in [1.807, 2.05) is 0 Å². The first-order chi connectivity index (χ1) is 10.8. The minimum Gasteiger partial charge on any atom is -0.426 e. The van der Waals surface area contributed by atoms with E-state index >= 15 is 0 Å². The highest BCUT2D eigenvalue weighted by Crippen LogP contribution is 2.53. The molecule has 3 rings (SSSR count). The SMILES string of the molecule is CC1CC2CC(Cl)CC(C(N)C(=O)N3CCCC3B(O)O)(C1)C2. The topological polar surface area (TPSA) is 86.8 Å². The fourth-order valence-corrected chi connectivity index (χ4v) is 6.08. The molecule has 1 amide bonds. The van der Waals surface area contributed by atoms with E-state index in [4.69, 9.17) is 17.3 Å². The monoisotopic (exact) mass is 342 g/mol. The predicted molar refractivity (Wildman–Crippen MR) is 90.7 cm³/mol. The molecular formula is C16H28BClN2O3.